The number of carbonyl (C=O) groups is 2. The van der Waals surface area contributed by atoms with Crippen molar-refractivity contribution in [1.29, 1.82) is 0 Å². The van der Waals surface area contributed by atoms with E-state index < -0.39 is 0 Å². The van der Waals surface area contributed by atoms with Crippen molar-refractivity contribution < 1.29 is 14.0 Å². The van der Waals surface area contributed by atoms with Crippen molar-refractivity contribution in [3.8, 4) is 0 Å². The molecule has 4 nitrogen and oxygen atoms in total. The van der Waals surface area contributed by atoms with Crippen LogP contribution in [0.25, 0.3) is 0 Å². The molecule has 178 valence electrons. The van der Waals surface area contributed by atoms with Crippen molar-refractivity contribution in [3.63, 3.8) is 0 Å². The Morgan fingerprint density at radius 1 is 1.12 bits per heavy atom. The molecule has 0 saturated heterocycles. The Morgan fingerprint density at radius 2 is 1.85 bits per heavy atom. The number of aryl methyl sites for hydroxylation is 1. The third-order valence-electron chi connectivity index (χ3n) is 6.79. The molecule has 1 aliphatic heterocycles. The Hall–Kier alpha value is -2.99. The minimum Gasteiger partial charge on any atom is -0.330 e. The van der Waals surface area contributed by atoms with Gasteiger partial charge in [0.15, 0.2) is 0 Å². The van der Waals surface area contributed by atoms with E-state index in [-0.39, 0.29) is 42.7 Å². The number of fused-ring (bicyclic) bond motifs is 1. The first-order valence-electron chi connectivity index (χ1n) is 11.8. The Bertz CT molecular complexity index is 1160. The summed E-state index contributed by atoms with van der Waals surface area (Å²) in [6.07, 6.45) is 1.72. The summed E-state index contributed by atoms with van der Waals surface area (Å²) in [6, 6.07) is 16.1. The molecule has 0 bridgehead atoms. The van der Waals surface area contributed by atoms with E-state index in [0.717, 1.165) is 29.5 Å². The third-order valence-corrected chi connectivity index (χ3v) is 7.78. The zero-order valence-electron chi connectivity index (χ0n) is 20.0. The maximum atomic E-state index is 13.7. The third kappa shape index (κ3) is 5.07. The lowest BCUT2D eigenvalue weighted by atomic mass is 9.90. The summed E-state index contributed by atoms with van der Waals surface area (Å²) in [5.74, 6) is -0.488. The number of hydrogen-bond donors (Lipinski definition) is 0. The van der Waals surface area contributed by atoms with Gasteiger partial charge in [-0.3, -0.25) is 9.59 Å². The van der Waals surface area contributed by atoms with Gasteiger partial charge in [-0.1, -0.05) is 43.3 Å². The minimum atomic E-state index is -0.328. The van der Waals surface area contributed by atoms with Crippen molar-refractivity contribution in [3.05, 3.63) is 92.9 Å². The Kier molecular flexibility index (Phi) is 7.47. The topological polar surface area (TPSA) is 40.6 Å². The number of amides is 2. The highest BCUT2D eigenvalue weighted by molar-refractivity contribution is 7.10. The zero-order chi connectivity index (χ0) is 24.2. The van der Waals surface area contributed by atoms with Gasteiger partial charge in [0.1, 0.15) is 12.4 Å². The van der Waals surface area contributed by atoms with Crippen LogP contribution in [0.15, 0.2) is 60.0 Å². The summed E-state index contributed by atoms with van der Waals surface area (Å²) in [5, 5.41) is 2.10. The van der Waals surface area contributed by atoms with Gasteiger partial charge < -0.3 is 9.80 Å². The molecular weight excluding hydrogens is 447 g/mol. The Morgan fingerprint density at radius 3 is 2.56 bits per heavy atom. The van der Waals surface area contributed by atoms with E-state index in [2.05, 4.69) is 30.5 Å². The first-order chi connectivity index (χ1) is 16.4. The van der Waals surface area contributed by atoms with Gasteiger partial charge in [-0.2, -0.15) is 0 Å². The van der Waals surface area contributed by atoms with Crippen molar-refractivity contribution in [2.24, 2.45) is 0 Å². The molecule has 2 aromatic carbocycles. The lowest BCUT2D eigenvalue weighted by Gasteiger charge is -2.39. The average molecular weight is 479 g/mol. The number of thiophene rings is 1. The molecule has 6 heteroatoms. The molecule has 0 saturated carbocycles. The molecule has 3 aromatic rings. The summed E-state index contributed by atoms with van der Waals surface area (Å²) in [6.45, 7) is 6.74. The van der Waals surface area contributed by atoms with Gasteiger partial charge in [0.05, 0.1) is 12.5 Å². The lowest BCUT2D eigenvalue weighted by Crippen LogP contribution is -2.49. The fourth-order valence-corrected chi connectivity index (χ4v) is 5.54. The number of rotatable bonds is 7. The van der Waals surface area contributed by atoms with E-state index in [0.29, 0.717) is 6.54 Å². The number of hydrogen-bond acceptors (Lipinski definition) is 3. The molecule has 2 unspecified atom stereocenters. The maximum Gasteiger partial charge on any atom is 0.243 e. The van der Waals surface area contributed by atoms with E-state index in [1.54, 1.807) is 28.4 Å². The molecule has 1 aliphatic rings. The van der Waals surface area contributed by atoms with Gasteiger partial charge in [-0.05, 0) is 72.5 Å². The molecule has 2 amide bonds. The van der Waals surface area contributed by atoms with Crippen LogP contribution in [-0.2, 0) is 22.4 Å². The van der Waals surface area contributed by atoms with E-state index >= 15 is 0 Å². The van der Waals surface area contributed by atoms with Crippen LogP contribution in [0.5, 0.6) is 0 Å². The quantitative estimate of drug-likeness (QED) is 0.447. The second kappa shape index (κ2) is 10.5. The summed E-state index contributed by atoms with van der Waals surface area (Å²) in [7, 11) is 0. The van der Waals surface area contributed by atoms with Crippen LogP contribution < -0.4 is 0 Å². The van der Waals surface area contributed by atoms with Crippen LogP contribution in [0.2, 0.25) is 0 Å². The highest BCUT2D eigenvalue weighted by Gasteiger charge is 2.35. The normalized spacial score (nSPS) is 16.1. The Labute approximate surface area is 205 Å². The fraction of sp³-hybridized carbons (Fsp3) is 0.357. The fourth-order valence-electron chi connectivity index (χ4n) is 4.64. The maximum absolute atomic E-state index is 13.7. The number of carbonyl (C=O) groups excluding carboxylic acids is 2. The molecule has 2 heterocycles. The lowest BCUT2D eigenvalue weighted by molar-refractivity contribution is -0.143. The van der Waals surface area contributed by atoms with Crippen molar-refractivity contribution >= 4 is 23.2 Å². The molecule has 0 N–H and O–H groups in total. The van der Waals surface area contributed by atoms with Crippen molar-refractivity contribution in [1.82, 2.24) is 9.80 Å². The summed E-state index contributed by atoms with van der Waals surface area (Å²) >= 11 is 1.74. The predicted molar refractivity (Wildman–Crippen MR) is 134 cm³/mol. The monoisotopic (exact) mass is 478 g/mol. The van der Waals surface area contributed by atoms with Gasteiger partial charge in [-0.15, -0.1) is 11.3 Å². The molecule has 34 heavy (non-hydrogen) atoms. The molecule has 2 atom stereocenters. The average Bonchev–Trinajstić information content (AvgIpc) is 3.32. The standard InChI is InChI=1S/C28H31FN2O2S/c1-4-20(3)31(26(32)17-21-9-11-22(29)12-10-21)18-27(33)30-15-13-25-24(14-16-34-25)28(30)23-8-6-5-7-19(23)2/h5-12,14,16,20,28H,4,13,15,17-18H2,1-3H3. The first-order valence-corrected chi connectivity index (χ1v) is 12.7. The van der Waals surface area contributed by atoms with E-state index in [1.807, 2.05) is 30.9 Å². The number of nitrogens with zero attached hydrogens (tertiary/aromatic N) is 2. The smallest absolute Gasteiger partial charge is 0.243 e. The van der Waals surface area contributed by atoms with E-state index in [1.165, 1.54) is 22.6 Å². The first kappa shape index (κ1) is 24.1. The second-order valence-electron chi connectivity index (χ2n) is 8.98. The minimum absolute atomic E-state index is 0.0386. The summed E-state index contributed by atoms with van der Waals surface area (Å²) in [5.41, 5.74) is 4.20. The van der Waals surface area contributed by atoms with Crippen molar-refractivity contribution in [2.45, 2.75) is 52.1 Å². The zero-order valence-corrected chi connectivity index (χ0v) is 20.8. The molecule has 0 radical (unpaired) electrons. The van der Waals surface area contributed by atoms with Crippen LogP contribution in [0.3, 0.4) is 0 Å². The van der Waals surface area contributed by atoms with E-state index in [4.69, 9.17) is 0 Å². The number of benzene rings is 2. The summed E-state index contributed by atoms with van der Waals surface area (Å²) in [4.78, 5) is 31.9. The van der Waals surface area contributed by atoms with Crippen LogP contribution in [-0.4, -0.2) is 40.7 Å². The van der Waals surface area contributed by atoms with Gasteiger partial charge in [0.2, 0.25) is 11.8 Å². The molecular formula is C28H31FN2O2S. The molecule has 1 aromatic heterocycles. The predicted octanol–water partition coefficient (Wildman–Crippen LogP) is 5.54. The molecule has 0 aliphatic carbocycles. The molecule has 0 fully saturated rings. The molecule has 4 rings (SSSR count). The van der Waals surface area contributed by atoms with Gasteiger partial charge >= 0.3 is 0 Å². The summed E-state index contributed by atoms with van der Waals surface area (Å²) < 4.78 is 13.3. The van der Waals surface area contributed by atoms with Crippen LogP contribution in [0.4, 0.5) is 4.39 Å². The molecule has 0 spiro atoms. The van der Waals surface area contributed by atoms with Crippen LogP contribution in [0, 0.1) is 12.7 Å². The Balaban J connectivity index is 1.59. The van der Waals surface area contributed by atoms with Gasteiger partial charge in [0.25, 0.3) is 0 Å². The second-order valence-corrected chi connectivity index (χ2v) is 9.98. The van der Waals surface area contributed by atoms with Crippen LogP contribution in [0.1, 0.15) is 53.4 Å². The number of halogens is 1. The van der Waals surface area contributed by atoms with Crippen molar-refractivity contribution in [2.75, 3.05) is 13.1 Å². The van der Waals surface area contributed by atoms with E-state index in [9.17, 15) is 14.0 Å². The van der Waals surface area contributed by atoms with Crippen LogP contribution >= 0.6 is 11.3 Å². The van der Waals surface area contributed by atoms with Gasteiger partial charge in [-0.25, -0.2) is 4.39 Å². The largest absolute Gasteiger partial charge is 0.330 e. The SMILES string of the molecule is CCC(C)N(CC(=O)N1CCc2sccc2C1c1ccccc1C)C(=O)Cc1ccc(F)cc1. The van der Waals surface area contributed by atoms with Gasteiger partial charge in [0, 0.05) is 17.5 Å². The highest BCUT2D eigenvalue weighted by atomic mass is 32.1. The highest BCUT2D eigenvalue weighted by Crippen LogP contribution is 2.39.